The van der Waals surface area contributed by atoms with E-state index in [2.05, 4.69) is 15.5 Å². The molecule has 11 nitrogen and oxygen atoms in total. The van der Waals surface area contributed by atoms with Gasteiger partial charge in [0.1, 0.15) is 0 Å². The number of ether oxygens (including phenoxy) is 1. The van der Waals surface area contributed by atoms with E-state index in [1.165, 1.54) is 0 Å². The van der Waals surface area contributed by atoms with Crippen LogP contribution in [0.1, 0.15) is 41.3 Å². The standard InChI is InChI=1S/C28H32N4O7S/c1-3-22(24(34)28-30-26(31-39-28)20-12-8-5-9-13-20)29-27(35)21(18-23(33)32-14-16-38-17-15-32)25(40(2,36)37)19-10-6-4-7-11-19/h4-13,21-22,25H,3,14-18H2,1-2H3,(H,29,35)/t21?,22?,25-/m1/s1. The number of Topliss-reactive ketones (excluding diaryl/α,β-unsaturated/α-hetero) is 1. The zero-order chi connectivity index (χ0) is 28.7. The Morgan fingerprint density at radius 3 is 2.23 bits per heavy atom. The Kier molecular flexibility index (Phi) is 9.43. The quantitative estimate of drug-likeness (QED) is 0.344. The molecule has 40 heavy (non-hydrogen) atoms. The second-order valence-corrected chi connectivity index (χ2v) is 11.8. The first kappa shape index (κ1) is 29.1. The Morgan fingerprint density at radius 1 is 1.00 bits per heavy atom. The zero-order valence-corrected chi connectivity index (χ0v) is 23.2. The van der Waals surface area contributed by atoms with E-state index in [0.29, 0.717) is 37.4 Å². The molecule has 1 fully saturated rings. The fourth-order valence-electron chi connectivity index (χ4n) is 4.70. The number of nitrogens with zero attached hydrogens (tertiary/aromatic N) is 3. The smallest absolute Gasteiger partial charge is 0.296 e. The molecule has 1 aliphatic heterocycles. The molecule has 0 aliphatic carbocycles. The van der Waals surface area contributed by atoms with Gasteiger partial charge in [0, 0.05) is 31.3 Å². The van der Waals surface area contributed by atoms with Gasteiger partial charge in [-0.1, -0.05) is 72.7 Å². The van der Waals surface area contributed by atoms with Crippen molar-refractivity contribution in [3.8, 4) is 11.4 Å². The normalized spacial score (nSPS) is 16.1. The maximum atomic E-state index is 13.8. The third-order valence-electron chi connectivity index (χ3n) is 6.76. The third kappa shape index (κ3) is 6.99. The lowest BCUT2D eigenvalue weighted by Gasteiger charge is -2.31. The van der Waals surface area contributed by atoms with E-state index in [1.807, 2.05) is 6.07 Å². The first-order valence-corrected chi connectivity index (χ1v) is 15.0. The predicted molar refractivity (Wildman–Crippen MR) is 146 cm³/mol. The van der Waals surface area contributed by atoms with Gasteiger partial charge < -0.3 is 19.5 Å². The average Bonchev–Trinajstić information content (AvgIpc) is 3.46. The van der Waals surface area contributed by atoms with E-state index >= 15 is 0 Å². The minimum absolute atomic E-state index is 0.173. The van der Waals surface area contributed by atoms with Crippen molar-refractivity contribution in [3.63, 3.8) is 0 Å². The van der Waals surface area contributed by atoms with Crippen LogP contribution >= 0.6 is 0 Å². The Labute approximate surface area is 232 Å². The van der Waals surface area contributed by atoms with Crippen molar-refractivity contribution in [2.45, 2.75) is 31.1 Å². The molecule has 3 aromatic rings. The summed E-state index contributed by atoms with van der Waals surface area (Å²) in [4.78, 5) is 46.0. The van der Waals surface area contributed by atoms with Crippen molar-refractivity contribution in [3.05, 3.63) is 72.1 Å². The first-order valence-electron chi connectivity index (χ1n) is 13.0. The second-order valence-electron chi connectivity index (χ2n) is 9.59. The molecule has 1 aromatic heterocycles. The molecule has 0 bridgehead atoms. The summed E-state index contributed by atoms with van der Waals surface area (Å²) in [5.41, 5.74) is 1.03. The van der Waals surface area contributed by atoms with Crippen LogP contribution in [0.15, 0.2) is 65.2 Å². The largest absolute Gasteiger partial charge is 0.378 e. The number of hydrogen-bond acceptors (Lipinski definition) is 9. The van der Waals surface area contributed by atoms with E-state index in [4.69, 9.17) is 9.26 Å². The highest BCUT2D eigenvalue weighted by Gasteiger charge is 2.40. The molecule has 4 rings (SSSR count). The molecule has 2 unspecified atom stereocenters. The Bertz CT molecular complexity index is 1420. The highest BCUT2D eigenvalue weighted by molar-refractivity contribution is 7.91. The lowest BCUT2D eigenvalue weighted by Crippen LogP contribution is -2.48. The van der Waals surface area contributed by atoms with Crippen molar-refractivity contribution < 1.29 is 32.1 Å². The van der Waals surface area contributed by atoms with Gasteiger partial charge in [0.25, 0.3) is 5.89 Å². The second kappa shape index (κ2) is 13.0. The molecule has 0 spiro atoms. The van der Waals surface area contributed by atoms with Gasteiger partial charge in [0.05, 0.1) is 30.4 Å². The van der Waals surface area contributed by atoms with Crippen LogP contribution < -0.4 is 5.32 Å². The molecule has 2 heterocycles. The van der Waals surface area contributed by atoms with Crippen molar-refractivity contribution >= 4 is 27.4 Å². The van der Waals surface area contributed by atoms with Crippen LogP contribution in [-0.4, -0.2) is 79.7 Å². The summed E-state index contributed by atoms with van der Waals surface area (Å²) in [7, 11) is -3.86. The average molecular weight is 569 g/mol. The van der Waals surface area contributed by atoms with Gasteiger partial charge in [0.2, 0.25) is 23.4 Å². The lowest BCUT2D eigenvalue weighted by atomic mass is 9.93. The van der Waals surface area contributed by atoms with Crippen molar-refractivity contribution in [2.24, 2.45) is 5.92 Å². The Balaban J connectivity index is 1.61. The van der Waals surface area contributed by atoms with E-state index < -0.39 is 38.7 Å². The molecule has 0 saturated carbocycles. The molecule has 3 atom stereocenters. The topological polar surface area (TPSA) is 149 Å². The van der Waals surface area contributed by atoms with Crippen LogP contribution in [0.2, 0.25) is 0 Å². The van der Waals surface area contributed by atoms with Gasteiger partial charge in [-0.3, -0.25) is 14.4 Å². The number of benzene rings is 2. The SMILES string of the molecule is CCC(NC(=O)C(CC(=O)N1CCOCC1)[C@@H](c1ccccc1)S(C)(=O)=O)C(=O)c1nc(-c2ccccc2)no1. The number of rotatable bonds is 11. The van der Waals surface area contributed by atoms with Gasteiger partial charge in [0.15, 0.2) is 9.84 Å². The summed E-state index contributed by atoms with van der Waals surface area (Å²) in [5, 5.41) is 5.23. The molecule has 2 aromatic carbocycles. The molecule has 2 amide bonds. The number of carbonyl (C=O) groups is 3. The molecular weight excluding hydrogens is 536 g/mol. The molecule has 1 saturated heterocycles. The highest BCUT2D eigenvalue weighted by atomic mass is 32.2. The van der Waals surface area contributed by atoms with Crippen molar-refractivity contribution in [1.82, 2.24) is 20.4 Å². The Morgan fingerprint density at radius 2 is 1.62 bits per heavy atom. The van der Waals surface area contributed by atoms with Gasteiger partial charge in [-0.05, 0) is 12.0 Å². The van der Waals surface area contributed by atoms with Gasteiger partial charge in [-0.2, -0.15) is 4.98 Å². The maximum absolute atomic E-state index is 13.8. The number of carbonyl (C=O) groups excluding carboxylic acids is 3. The van der Waals surface area contributed by atoms with Crippen molar-refractivity contribution in [1.29, 1.82) is 0 Å². The summed E-state index contributed by atoms with van der Waals surface area (Å²) >= 11 is 0. The summed E-state index contributed by atoms with van der Waals surface area (Å²) < 4.78 is 36.6. The van der Waals surface area contributed by atoms with Crippen LogP contribution in [0.5, 0.6) is 0 Å². The van der Waals surface area contributed by atoms with Crippen molar-refractivity contribution in [2.75, 3.05) is 32.6 Å². The minimum atomic E-state index is -3.86. The third-order valence-corrected chi connectivity index (χ3v) is 8.28. The van der Waals surface area contributed by atoms with E-state index in [0.717, 1.165) is 6.26 Å². The number of morpholine rings is 1. The number of amides is 2. The molecule has 0 radical (unpaired) electrons. The molecular formula is C28H32N4O7S. The summed E-state index contributed by atoms with van der Waals surface area (Å²) in [6, 6.07) is 16.2. The predicted octanol–water partition coefficient (Wildman–Crippen LogP) is 2.47. The minimum Gasteiger partial charge on any atom is -0.378 e. The fraction of sp³-hybridized carbons (Fsp3) is 0.393. The van der Waals surface area contributed by atoms with Crippen LogP contribution in [0.4, 0.5) is 0 Å². The summed E-state index contributed by atoms with van der Waals surface area (Å²) in [5.74, 6) is -3.06. The number of aromatic nitrogens is 2. The monoisotopic (exact) mass is 568 g/mol. The number of sulfone groups is 1. The molecule has 1 N–H and O–H groups in total. The number of ketones is 1. The number of hydrogen-bond donors (Lipinski definition) is 1. The maximum Gasteiger partial charge on any atom is 0.296 e. The van der Waals surface area contributed by atoms with Gasteiger partial charge >= 0.3 is 0 Å². The van der Waals surface area contributed by atoms with Gasteiger partial charge in [-0.15, -0.1) is 0 Å². The number of nitrogens with one attached hydrogen (secondary N) is 1. The van der Waals surface area contributed by atoms with E-state index in [-0.39, 0.29) is 30.5 Å². The van der Waals surface area contributed by atoms with Crippen LogP contribution in [-0.2, 0) is 24.2 Å². The fourth-order valence-corrected chi connectivity index (χ4v) is 6.16. The summed E-state index contributed by atoms with van der Waals surface area (Å²) in [6.07, 6.45) is 0.852. The zero-order valence-electron chi connectivity index (χ0n) is 22.4. The highest BCUT2D eigenvalue weighted by Crippen LogP contribution is 2.33. The van der Waals surface area contributed by atoms with Crippen LogP contribution in [0.3, 0.4) is 0 Å². The van der Waals surface area contributed by atoms with Crippen LogP contribution in [0.25, 0.3) is 11.4 Å². The van der Waals surface area contributed by atoms with E-state index in [1.54, 1.807) is 66.4 Å². The Hall–Kier alpha value is -3.90. The first-order chi connectivity index (χ1) is 19.2. The van der Waals surface area contributed by atoms with Crippen LogP contribution in [0, 0.1) is 5.92 Å². The molecule has 1 aliphatic rings. The van der Waals surface area contributed by atoms with E-state index in [9.17, 15) is 22.8 Å². The molecule has 12 heteroatoms. The lowest BCUT2D eigenvalue weighted by molar-refractivity contribution is -0.139. The molecule has 212 valence electrons. The van der Waals surface area contributed by atoms with Gasteiger partial charge in [-0.25, -0.2) is 8.42 Å². The summed E-state index contributed by atoms with van der Waals surface area (Å²) in [6.45, 7) is 3.10.